The van der Waals surface area contributed by atoms with E-state index in [9.17, 15) is 4.79 Å². The van der Waals surface area contributed by atoms with Gasteiger partial charge in [0.2, 0.25) is 0 Å². The van der Waals surface area contributed by atoms with Crippen molar-refractivity contribution in [1.82, 2.24) is 10.3 Å². The molecule has 4 heteroatoms. The van der Waals surface area contributed by atoms with Crippen molar-refractivity contribution in [3.8, 4) is 0 Å². The van der Waals surface area contributed by atoms with Crippen LogP contribution in [0.4, 0.5) is 0 Å². The Morgan fingerprint density at radius 3 is 1.94 bits per heavy atom. The van der Waals surface area contributed by atoms with Gasteiger partial charge in [0, 0.05) is 13.1 Å². The molecule has 0 radical (unpaired) electrons. The zero-order chi connectivity index (χ0) is 13.4. The lowest BCUT2D eigenvalue weighted by Crippen LogP contribution is -2.51. The van der Waals surface area contributed by atoms with Gasteiger partial charge >= 0.3 is 0 Å². The Bertz CT molecular complexity index is 207. The van der Waals surface area contributed by atoms with Crippen LogP contribution in [0.5, 0.6) is 0 Å². The van der Waals surface area contributed by atoms with Gasteiger partial charge in [0.25, 0.3) is 5.91 Å². The van der Waals surface area contributed by atoms with Crippen LogP contribution in [0.2, 0.25) is 0 Å². The topological polar surface area (TPSA) is 58.4 Å². The smallest absolute Gasteiger partial charge is 0.251 e. The normalized spacial score (nSPS) is 13.5. The Labute approximate surface area is 106 Å². The molecule has 0 aromatic carbocycles. The van der Waals surface area contributed by atoms with Crippen LogP contribution >= 0.6 is 0 Å². The molecule has 0 fully saturated rings. The Kier molecular flexibility index (Phi) is 8.17. The van der Waals surface area contributed by atoms with Crippen molar-refractivity contribution in [2.24, 2.45) is 17.7 Å². The van der Waals surface area contributed by atoms with Crippen molar-refractivity contribution in [1.29, 1.82) is 0 Å². The average molecular weight is 243 g/mol. The van der Waals surface area contributed by atoms with E-state index in [-0.39, 0.29) is 11.9 Å². The predicted octanol–water partition coefficient (Wildman–Crippen LogP) is 1.76. The summed E-state index contributed by atoms with van der Waals surface area (Å²) in [7, 11) is 0. The van der Waals surface area contributed by atoms with E-state index in [0.29, 0.717) is 11.8 Å². The van der Waals surface area contributed by atoms with Crippen LogP contribution in [0, 0.1) is 11.8 Å². The van der Waals surface area contributed by atoms with Gasteiger partial charge in [-0.15, -0.1) is 0 Å². The third-order valence-corrected chi connectivity index (χ3v) is 2.65. The molecule has 0 aliphatic carbocycles. The molecule has 0 aromatic rings. The van der Waals surface area contributed by atoms with Gasteiger partial charge in [0.05, 0.1) is 6.04 Å². The Balaban J connectivity index is 4.72. The first-order valence-corrected chi connectivity index (χ1v) is 6.66. The summed E-state index contributed by atoms with van der Waals surface area (Å²) < 4.78 is 0. The van der Waals surface area contributed by atoms with Crippen LogP contribution in [0.3, 0.4) is 0 Å². The van der Waals surface area contributed by atoms with Gasteiger partial charge in [-0.3, -0.25) is 15.1 Å². The van der Waals surface area contributed by atoms with E-state index in [4.69, 9.17) is 5.84 Å². The first-order chi connectivity index (χ1) is 7.92. The minimum Gasteiger partial charge on any atom is -0.293 e. The molecule has 17 heavy (non-hydrogen) atoms. The molecule has 1 atom stereocenters. The molecule has 0 aliphatic heterocycles. The highest BCUT2D eigenvalue weighted by molar-refractivity contribution is 5.81. The summed E-state index contributed by atoms with van der Waals surface area (Å²) in [4.78, 5) is 14.1. The summed E-state index contributed by atoms with van der Waals surface area (Å²) in [6.07, 6.45) is 1.85. The van der Waals surface area contributed by atoms with Crippen LogP contribution in [-0.4, -0.2) is 29.9 Å². The lowest BCUT2D eigenvalue weighted by molar-refractivity contribution is -0.127. The maximum Gasteiger partial charge on any atom is 0.251 e. The van der Waals surface area contributed by atoms with Gasteiger partial charge in [-0.1, -0.05) is 41.0 Å². The van der Waals surface area contributed by atoms with Crippen molar-refractivity contribution < 1.29 is 4.79 Å². The van der Waals surface area contributed by atoms with Gasteiger partial charge < -0.3 is 0 Å². The van der Waals surface area contributed by atoms with Crippen molar-refractivity contribution in [3.63, 3.8) is 0 Å². The highest BCUT2D eigenvalue weighted by Crippen LogP contribution is 2.13. The molecule has 0 aliphatic rings. The molecule has 0 spiro atoms. The summed E-state index contributed by atoms with van der Waals surface area (Å²) in [5, 5.41) is 0. The summed E-state index contributed by atoms with van der Waals surface area (Å²) in [5.74, 6) is 6.32. The maximum absolute atomic E-state index is 11.8. The number of rotatable bonds is 8. The number of nitrogens with zero attached hydrogens (tertiary/aromatic N) is 1. The monoisotopic (exact) mass is 243 g/mol. The fourth-order valence-corrected chi connectivity index (χ4v) is 2.12. The van der Waals surface area contributed by atoms with Crippen molar-refractivity contribution in [3.05, 3.63) is 0 Å². The molecule has 1 amide bonds. The number of hydrazine groups is 1. The summed E-state index contributed by atoms with van der Waals surface area (Å²) in [6, 6.07) is -0.0881. The predicted molar refractivity (Wildman–Crippen MR) is 72.3 cm³/mol. The second-order valence-electron chi connectivity index (χ2n) is 5.55. The average Bonchev–Trinajstić information content (AvgIpc) is 2.22. The number of nitrogens with one attached hydrogen (secondary N) is 1. The summed E-state index contributed by atoms with van der Waals surface area (Å²) >= 11 is 0. The number of hydrogen-bond acceptors (Lipinski definition) is 3. The fourth-order valence-electron chi connectivity index (χ4n) is 2.12. The standard InChI is InChI=1S/C13H29N3O/c1-6-7-12(13(17)15-14)16(8-10(2)3)9-11(4)5/h10-12H,6-9,14H2,1-5H3,(H,15,17). The van der Waals surface area contributed by atoms with Crippen LogP contribution in [0.15, 0.2) is 0 Å². The molecular formula is C13H29N3O. The van der Waals surface area contributed by atoms with Gasteiger partial charge in [0.1, 0.15) is 0 Å². The quantitative estimate of drug-likeness (QED) is 0.388. The number of amides is 1. The van der Waals surface area contributed by atoms with E-state index >= 15 is 0 Å². The lowest BCUT2D eigenvalue weighted by Gasteiger charge is -2.32. The summed E-state index contributed by atoms with van der Waals surface area (Å²) in [6.45, 7) is 12.7. The van der Waals surface area contributed by atoms with E-state index < -0.39 is 0 Å². The lowest BCUT2D eigenvalue weighted by atomic mass is 10.0. The molecule has 0 bridgehead atoms. The molecule has 0 saturated heterocycles. The van der Waals surface area contributed by atoms with Crippen molar-refractivity contribution in [2.45, 2.75) is 53.5 Å². The molecule has 0 saturated carbocycles. The minimum atomic E-state index is -0.0881. The Morgan fingerprint density at radius 1 is 1.18 bits per heavy atom. The van der Waals surface area contributed by atoms with Crippen LogP contribution in [-0.2, 0) is 4.79 Å². The second-order valence-corrected chi connectivity index (χ2v) is 5.55. The Morgan fingerprint density at radius 2 is 1.65 bits per heavy atom. The van der Waals surface area contributed by atoms with E-state index in [1.54, 1.807) is 0 Å². The van der Waals surface area contributed by atoms with Crippen LogP contribution in [0.1, 0.15) is 47.5 Å². The third kappa shape index (κ3) is 6.64. The van der Waals surface area contributed by atoms with Gasteiger partial charge in [-0.25, -0.2) is 5.84 Å². The summed E-state index contributed by atoms with van der Waals surface area (Å²) in [5.41, 5.74) is 2.30. The molecule has 0 rings (SSSR count). The van der Waals surface area contributed by atoms with Gasteiger partial charge in [0.15, 0.2) is 0 Å². The number of nitrogens with two attached hydrogens (primary N) is 1. The molecule has 0 heterocycles. The SMILES string of the molecule is CCCC(C(=O)NN)N(CC(C)C)CC(C)C. The molecule has 4 nitrogen and oxygen atoms in total. The van der Waals surface area contributed by atoms with E-state index in [0.717, 1.165) is 25.9 Å². The maximum atomic E-state index is 11.8. The van der Waals surface area contributed by atoms with Crippen molar-refractivity contribution >= 4 is 5.91 Å². The highest BCUT2D eigenvalue weighted by Gasteiger charge is 2.25. The fraction of sp³-hybridized carbons (Fsp3) is 0.923. The Hall–Kier alpha value is -0.610. The molecule has 102 valence electrons. The van der Waals surface area contributed by atoms with Gasteiger partial charge in [-0.2, -0.15) is 0 Å². The highest BCUT2D eigenvalue weighted by atomic mass is 16.2. The van der Waals surface area contributed by atoms with E-state index in [2.05, 4.69) is 44.9 Å². The van der Waals surface area contributed by atoms with Crippen LogP contribution in [0.25, 0.3) is 0 Å². The van der Waals surface area contributed by atoms with E-state index in [1.165, 1.54) is 0 Å². The molecule has 1 unspecified atom stereocenters. The first-order valence-electron chi connectivity index (χ1n) is 6.66. The van der Waals surface area contributed by atoms with Crippen molar-refractivity contribution in [2.75, 3.05) is 13.1 Å². The van der Waals surface area contributed by atoms with E-state index in [1.807, 2.05) is 0 Å². The molecular weight excluding hydrogens is 214 g/mol. The zero-order valence-electron chi connectivity index (χ0n) is 12.0. The van der Waals surface area contributed by atoms with Crippen LogP contribution < -0.4 is 11.3 Å². The minimum absolute atomic E-state index is 0.0619. The number of carbonyl (C=O) groups excluding carboxylic acids is 1. The largest absolute Gasteiger partial charge is 0.293 e. The van der Waals surface area contributed by atoms with Gasteiger partial charge in [-0.05, 0) is 18.3 Å². The molecule has 0 aromatic heterocycles. The number of hydrogen-bond donors (Lipinski definition) is 2. The third-order valence-electron chi connectivity index (χ3n) is 2.65. The zero-order valence-corrected chi connectivity index (χ0v) is 12.0. The first kappa shape index (κ1) is 16.4. The second kappa shape index (κ2) is 8.48. The number of carbonyl (C=O) groups is 1. The molecule has 3 N–H and O–H groups in total.